The van der Waals surface area contributed by atoms with E-state index >= 15 is 0 Å². The number of H-pyrrole nitrogens is 1. The van der Waals surface area contributed by atoms with Crippen molar-refractivity contribution in [1.29, 1.82) is 0 Å². The van der Waals surface area contributed by atoms with E-state index < -0.39 is 0 Å². The molecule has 3 unspecified atom stereocenters. The molecule has 132 valence electrons. The van der Waals surface area contributed by atoms with Crippen molar-refractivity contribution < 1.29 is 4.79 Å². The first-order chi connectivity index (χ1) is 12.2. The number of nitrogens with zero attached hydrogens (tertiary/aromatic N) is 2. The molecular formula is C18H24N6O. The molecule has 0 aliphatic carbocycles. The van der Waals surface area contributed by atoms with Gasteiger partial charge in [-0.3, -0.25) is 10.2 Å². The molecule has 2 aromatic rings. The zero-order chi connectivity index (χ0) is 17.2. The van der Waals surface area contributed by atoms with Gasteiger partial charge >= 0.3 is 0 Å². The molecule has 2 aliphatic rings. The Labute approximate surface area is 147 Å². The summed E-state index contributed by atoms with van der Waals surface area (Å²) in [5, 5.41) is 3.29. The third kappa shape index (κ3) is 3.30. The van der Waals surface area contributed by atoms with Crippen molar-refractivity contribution >= 4 is 5.91 Å². The molecule has 25 heavy (non-hydrogen) atoms. The Kier molecular flexibility index (Phi) is 4.52. The molecule has 0 radical (unpaired) electrons. The fraction of sp³-hybridized carbons (Fsp3) is 0.444. The van der Waals surface area contributed by atoms with Crippen LogP contribution in [-0.2, 0) is 11.2 Å². The Morgan fingerprint density at radius 3 is 2.96 bits per heavy atom. The lowest BCUT2D eigenvalue weighted by atomic mass is 10.0. The first-order valence-corrected chi connectivity index (χ1v) is 8.79. The van der Waals surface area contributed by atoms with Crippen LogP contribution < -0.4 is 16.2 Å². The first kappa shape index (κ1) is 16.3. The molecule has 3 atom stereocenters. The van der Waals surface area contributed by atoms with Crippen LogP contribution in [0.2, 0.25) is 0 Å². The van der Waals surface area contributed by atoms with Crippen LogP contribution in [0.5, 0.6) is 0 Å². The molecule has 0 bridgehead atoms. The fourth-order valence-electron chi connectivity index (χ4n) is 3.71. The minimum absolute atomic E-state index is 0.0676. The van der Waals surface area contributed by atoms with E-state index in [0.29, 0.717) is 6.54 Å². The van der Waals surface area contributed by atoms with Gasteiger partial charge in [-0.1, -0.05) is 30.3 Å². The summed E-state index contributed by atoms with van der Waals surface area (Å²) in [5.74, 6) is 0.0676. The Balaban J connectivity index is 1.37. The summed E-state index contributed by atoms with van der Waals surface area (Å²) >= 11 is 0. The SMILES string of the molecule is CN(CC1CC(c2ccccc2)NN1)C(=O)C1NCCc2[nH]cnc21. The molecule has 1 saturated heterocycles. The summed E-state index contributed by atoms with van der Waals surface area (Å²) in [7, 11) is 1.86. The third-order valence-electron chi connectivity index (χ3n) is 5.05. The highest BCUT2D eigenvalue weighted by Gasteiger charge is 2.33. The quantitative estimate of drug-likeness (QED) is 0.657. The number of hydrazine groups is 1. The maximum Gasteiger partial charge on any atom is 0.245 e. The van der Waals surface area contributed by atoms with Crippen LogP contribution in [0.15, 0.2) is 36.7 Å². The highest BCUT2D eigenvalue weighted by molar-refractivity contribution is 5.83. The van der Waals surface area contributed by atoms with Gasteiger partial charge in [-0.2, -0.15) is 0 Å². The standard InChI is InChI=1S/C18H24N6O/c1-24(18(25)17-16-14(7-8-19-17)20-11-21-16)10-13-9-15(23-22-13)12-5-3-2-4-6-12/h2-6,11,13,15,17,19,22-23H,7-10H2,1H3,(H,20,21). The van der Waals surface area contributed by atoms with Gasteiger partial charge in [-0.15, -0.1) is 0 Å². The number of aromatic nitrogens is 2. The predicted molar refractivity (Wildman–Crippen MR) is 94.5 cm³/mol. The normalized spacial score (nSPS) is 25.6. The number of carbonyl (C=O) groups excluding carboxylic acids is 1. The monoisotopic (exact) mass is 340 g/mol. The van der Waals surface area contributed by atoms with Crippen LogP contribution in [0.1, 0.15) is 35.5 Å². The summed E-state index contributed by atoms with van der Waals surface area (Å²) in [6.07, 6.45) is 3.51. The fourth-order valence-corrected chi connectivity index (χ4v) is 3.71. The Hall–Kier alpha value is -2.22. The maximum atomic E-state index is 12.9. The second kappa shape index (κ2) is 6.95. The van der Waals surface area contributed by atoms with Crippen molar-refractivity contribution in [2.75, 3.05) is 20.1 Å². The van der Waals surface area contributed by atoms with Crippen molar-refractivity contribution in [1.82, 2.24) is 31.0 Å². The summed E-state index contributed by atoms with van der Waals surface area (Å²) in [4.78, 5) is 22.1. The van der Waals surface area contributed by atoms with Gasteiger partial charge < -0.3 is 15.2 Å². The maximum absolute atomic E-state index is 12.9. The lowest BCUT2D eigenvalue weighted by Gasteiger charge is -2.28. The van der Waals surface area contributed by atoms with E-state index in [9.17, 15) is 4.79 Å². The summed E-state index contributed by atoms with van der Waals surface area (Å²) < 4.78 is 0. The zero-order valence-electron chi connectivity index (χ0n) is 14.3. The van der Waals surface area contributed by atoms with Crippen molar-refractivity contribution in [2.45, 2.75) is 31.0 Å². The molecule has 3 heterocycles. The van der Waals surface area contributed by atoms with Crippen LogP contribution in [-0.4, -0.2) is 47.0 Å². The van der Waals surface area contributed by atoms with Gasteiger partial charge in [0, 0.05) is 44.3 Å². The van der Waals surface area contributed by atoms with Gasteiger partial charge in [-0.05, 0) is 12.0 Å². The minimum Gasteiger partial charge on any atom is -0.348 e. The van der Waals surface area contributed by atoms with Crippen molar-refractivity contribution in [3.63, 3.8) is 0 Å². The summed E-state index contributed by atoms with van der Waals surface area (Å²) in [6, 6.07) is 10.5. The van der Waals surface area contributed by atoms with Gasteiger partial charge in [0.05, 0.1) is 12.0 Å². The van der Waals surface area contributed by atoms with Crippen molar-refractivity contribution in [3.8, 4) is 0 Å². The second-order valence-electron chi connectivity index (χ2n) is 6.81. The van der Waals surface area contributed by atoms with Crippen molar-refractivity contribution in [2.24, 2.45) is 0 Å². The molecule has 4 rings (SSSR count). The van der Waals surface area contributed by atoms with Gasteiger partial charge in [0.1, 0.15) is 6.04 Å². The minimum atomic E-state index is -0.348. The number of amides is 1. The molecule has 4 N–H and O–H groups in total. The molecule has 1 aromatic carbocycles. The number of nitrogens with one attached hydrogen (secondary N) is 4. The number of hydrogen-bond acceptors (Lipinski definition) is 5. The molecule has 0 spiro atoms. The van der Waals surface area contributed by atoms with Gasteiger partial charge in [-0.25, -0.2) is 10.4 Å². The summed E-state index contributed by atoms with van der Waals surface area (Å²) in [5.41, 5.74) is 9.83. The molecule has 1 fully saturated rings. The first-order valence-electron chi connectivity index (χ1n) is 8.79. The number of fused-ring (bicyclic) bond motifs is 1. The average molecular weight is 340 g/mol. The lowest BCUT2D eigenvalue weighted by Crippen LogP contribution is -2.46. The van der Waals surface area contributed by atoms with E-state index in [2.05, 4.69) is 50.4 Å². The zero-order valence-corrected chi connectivity index (χ0v) is 14.3. The number of benzene rings is 1. The Morgan fingerprint density at radius 1 is 1.28 bits per heavy atom. The van der Waals surface area contributed by atoms with Crippen molar-refractivity contribution in [3.05, 3.63) is 53.6 Å². The summed E-state index contributed by atoms with van der Waals surface area (Å²) in [6.45, 7) is 1.45. The van der Waals surface area contributed by atoms with E-state index in [1.54, 1.807) is 11.2 Å². The largest absolute Gasteiger partial charge is 0.348 e. The topological polar surface area (TPSA) is 85.1 Å². The predicted octanol–water partition coefficient (Wildman–Crippen LogP) is 0.663. The van der Waals surface area contributed by atoms with E-state index in [1.807, 2.05) is 13.1 Å². The Morgan fingerprint density at radius 2 is 2.12 bits per heavy atom. The number of likely N-dealkylation sites (N-methyl/N-ethyl adjacent to an activating group) is 1. The highest BCUT2D eigenvalue weighted by atomic mass is 16.2. The van der Waals surface area contributed by atoms with E-state index in [-0.39, 0.29) is 24.0 Å². The molecule has 7 heteroatoms. The Bertz CT molecular complexity index is 730. The van der Waals surface area contributed by atoms with Crippen LogP contribution in [0.3, 0.4) is 0 Å². The number of carbonyl (C=O) groups is 1. The third-order valence-corrected chi connectivity index (χ3v) is 5.05. The molecule has 2 aliphatic heterocycles. The van der Waals surface area contributed by atoms with Gasteiger partial charge in [0.15, 0.2) is 0 Å². The van der Waals surface area contributed by atoms with E-state index in [1.165, 1.54) is 5.56 Å². The van der Waals surface area contributed by atoms with Crippen LogP contribution in [0.25, 0.3) is 0 Å². The number of rotatable bonds is 4. The number of imidazole rings is 1. The molecular weight excluding hydrogens is 316 g/mol. The molecule has 1 amide bonds. The van der Waals surface area contributed by atoms with Crippen LogP contribution in [0, 0.1) is 0 Å². The molecule has 1 aromatic heterocycles. The number of aromatic amines is 1. The molecule has 0 saturated carbocycles. The number of hydrogen-bond donors (Lipinski definition) is 4. The molecule has 7 nitrogen and oxygen atoms in total. The van der Waals surface area contributed by atoms with Gasteiger partial charge in [0.25, 0.3) is 0 Å². The van der Waals surface area contributed by atoms with Crippen LogP contribution in [0.4, 0.5) is 0 Å². The highest BCUT2D eigenvalue weighted by Crippen LogP contribution is 2.24. The van der Waals surface area contributed by atoms with E-state index in [0.717, 1.165) is 30.8 Å². The van der Waals surface area contributed by atoms with E-state index in [4.69, 9.17) is 0 Å². The van der Waals surface area contributed by atoms with Gasteiger partial charge in [0.2, 0.25) is 5.91 Å². The van der Waals surface area contributed by atoms with Crippen LogP contribution >= 0.6 is 0 Å². The second-order valence-corrected chi connectivity index (χ2v) is 6.81. The lowest BCUT2D eigenvalue weighted by molar-refractivity contribution is -0.132. The smallest absolute Gasteiger partial charge is 0.245 e. The average Bonchev–Trinajstić information content (AvgIpc) is 3.30.